The molecule has 0 aliphatic carbocycles. The number of aliphatic hydroxyl groups is 1. The zero-order valence-electron chi connectivity index (χ0n) is 12.4. The summed E-state index contributed by atoms with van der Waals surface area (Å²) >= 11 is 0. The van der Waals surface area contributed by atoms with Crippen molar-refractivity contribution >= 4 is 0 Å². The van der Waals surface area contributed by atoms with Gasteiger partial charge in [-0.2, -0.15) is 0 Å². The minimum atomic E-state index is -0.326. The first-order chi connectivity index (χ1) is 10.1. The SMILES string of the molecule is Cc1noc(C)c1CN1C[C@@H](Cc2cnccn2)[C@H](O)C1. The highest BCUT2D eigenvalue weighted by Crippen LogP contribution is 2.24. The number of rotatable bonds is 4. The van der Waals surface area contributed by atoms with Crippen LogP contribution >= 0.6 is 0 Å². The monoisotopic (exact) mass is 288 g/mol. The lowest BCUT2D eigenvalue weighted by atomic mass is 10.0. The molecule has 6 heteroatoms. The molecule has 1 saturated heterocycles. The molecule has 112 valence electrons. The van der Waals surface area contributed by atoms with Crippen LogP contribution in [0.1, 0.15) is 22.7 Å². The van der Waals surface area contributed by atoms with Crippen molar-refractivity contribution in [1.82, 2.24) is 20.0 Å². The third-order valence-electron chi connectivity index (χ3n) is 4.13. The maximum absolute atomic E-state index is 10.3. The van der Waals surface area contributed by atoms with E-state index in [1.54, 1.807) is 18.6 Å². The first-order valence-corrected chi connectivity index (χ1v) is 7.20. The van der Waals surface area contributed by atoms with Crippen LogP contribution < -0.4 is 0 Å². The van der Waals surface area contributed by atoms with Crippen LogP contribution in [0.3, 0.4) is 0 Å². The Morgan fingerprint density at radius 3 is 2.86 bits per heavy atom. The van der Waals surface area contributed by atoms with Gasteiger partial charge in [-0.15, -0.1) is 0 Å². The van der Waals surface area contributed by atoms with E-state index in [1.165, 1.54) is 0 Å². The molecule has 2 atom stereocenters. The molecule has 0 spiro atoms. The summed E-state index contributed by atoms with van der Waals surface area (Å²) in [7, 11) is 0. The standard InChI is InChI=1S/C15H20N4O2/c1-10-14(11(2)21-18-10)8-19-7-12(15(20)9-19)5-13-6-16-3-4-17-13/h3-4,6,12,15,20H,5,7-9H2,1-2H3/t12-,15-/m1/s1. The van der Waals surface area contributed by atoms with Crippen molar-refractivity contribution in [3.8, 4) is 0 Å². The number of nitrogens with zero attached hydrogens (tertiary/aromatic N) is 4. The van der Waals surface area contributed by atoms with Gasteiger partial charge in [0.25, 0.3) is 0 Å². The molecule has 1 aliphatic rings. The van der Waals surface area contributed by atoms with Gasteiger partial charge in [0.15, 0.2) is 0 Å². The average molecular weight is 288 g/mol. The van der Waals surface area contributed by atoms with E-state index in [1.807, 2.05) is 13.8 Å². The van der Waals surface area contributed by atoms with Gasteiger partial charge in [0.2, 0.25) is 0 Å². The fourth-order valence-corrected chi connectivity index (χ4v) is 2.93. The van der Waals surface area contributed by atoms with Crippen molar-refractivity contribution in [3.63, 3.8) is 0 Å². The summed E-state index contributed by atoms with van der Waals surface area (Å²) in [4.78, 5) is 10.6. The second kappa shape index (κ2) is 5.91. The van der Waals surface area contributed by atoms with Crippen LogP contribution in [0.4, 0.5) is 0 Å². The van der Waals surface area contributed by atoms with E-state index in [4.69, 9.17) is 4.52 Å². The molecule has 6 nitrogen and oxygen atoms in total. The quantitative estimate of drug-likeness (QED) is 0.908. The van der Waals surface area contributed by atoms with Crippen molar-refractivity contribution in [2.24, 2.45) is 5.92 Å². The topological polar surface area (TPSA) is 75.3 Å². The maximum Gasteiger partial charge on any atom is 0.138 e. The van der Waals surface area contributed by atoms with Crippen LogP contribution in [0.5, 0.6) is 0 Å². The van der Waals surface area contributed by atoms with Crippen LogP contribution in [-0.4, -0.2) is 44.3 Å². The Balaban J connectivity index is 1.63. The molecule has 0 bridgehead atoms. The summed E-state index contributed by atoms with van der Waals surface area (Å²) in [5.74, 6) is 1.06. The third-order valence-corrected chi connectivity index (χ3v) is 4.13. The Morgan fingerprint density at radius 1 is 1.33 bits per heavy atom. The summed E-state index contributed by atoms with van der Waals surface area (Å²) in [5, 5.41) is 14.2. The normalized spacial score (nSPS) is 22.8. The van der Waals surface area contributed by atoms with Crippen molar-refractivity contribution in [1.29, 1.82) is 0 Å². The first kappa shape index (κ1) is 14.2. The van der Waals surface area contributed by atoms with Gasteiger partial charge >= 0.3 is 0 Å². The number of hydrogen-bond acceptors (Lipinski definition) is 6. The molecule has 0 unspecified atom stereocenters. The van der Waals surface area contributed by atoms with E-state index in [9.17, 15) is 5.11 Å². The number of aromatic nitrogens is 3. The Hall–Kier alpha value is -1.79. The fourth-order valence-electron chi connectivity index (χ4n) is 2.93. The first-order valence-electron chi connectivity index (χ1n) is 7.20. The smallest absolute Gasteiger partial charge is 0.138 e. The van der Waals surface area contributed by atoms with Gasteiger partial charge in [0.1, 0.15) is 5.76 Å². The van der Waals surface area contributed by atoms with Gasteiger partial charge in [0, 0.05) is 49.7 Å². The maximum atomic E-state index is 10.3. The molecule has 2 aromatic heterocycles. The Labute approximate surface area is 123 Å². The van der Waals surface area contributed by atoms with E-state index < -0.39 is 0 Å². The summed E-state index contributed by atoms with van der Waals surface area (Å²) in [5.41, 5.74) is 2.99. The third kappa shape index (κ3) is 3.11. The van der Waals surface area contributed by atoms with E-state index in [0.29, 0.717) is 6.54 Å². The molecule has 0 amide bonds. The number of likely N-dealkylation sites (tertiary alicyclic amines) is 1. The van der Waals surface area contributed by atoms with E-state index >= 15 is 0 Å². The second-order valence-corrected chi connectivity index (χ2v) is 5.73. The summed E-state index contributed by atoms with van der Waals surface area (Å²) in [6, 6.07) is 0. The summed E-state index contributed by atoms with van der Waals surface area (Å²) in [6.45, 7) is 6.18. The van der Waals surface area contributed by atoms with Gasteiger partial charge in [-0.1, -0.05) is 5.16 Å². The van der Waals surface area contributed by atoms with E-state index in [0.717, 1.165) is 42.2 Å². The molecule has 21 heavy (non-hydrogen) atoms. The highest BCUT2D eigenvalue weighted by atomic mass is 16.5. The number of aliphatic hydroxyl groups excluding tert-OH is 1. The molecule has 0 radical (unpaired) electrons. The highest BCUT2D eigenvalue weighted by Gasteiger charge is 2.32. The molecule has 1 N–H and O–H groups in total. The van der Waals surface area contributed by atoms with E-state index in [2.05, 4.69) is 20.0 Å². The van der Waals surface area contributed by atoms with Gasteiger partial charge in [-0.05, 0) is 20.3 Å². The average Bonchev–Trinajstić information content (AvgIpc) is 2.97. The molecule has 1 aliphatic heterocycles. The van der Waals surface area contributed by atoms with E-state index in [-0.39, 0.29) is 12.0 Å². The zero-order valence-corrected chi connectivity index (χ0v) is 12.4. The minimum absolute atomic E-state index is 0.196. The van der Waals surface area contributed by atoms with Crippen molar-refractivity contribution in [3.05, 3.63) is 41.3 Å². The van der Waals surface area contributed by atoms with Crippen LogP contribution in [0.25, 0.3) is 0 Å². The minimum Gasteiger partial charge on any atom is -0.391 e. The second-order valence-electron chi connectivity index (χ2n) is 5.73. The molecule has 3 heterocycles. The van der Waals surface area contributed by atoms with Crippen LogP contribution in [0.15, 0.2) is 23.1 Å². The van der Waals surface area contributed by atoms with Crippen molar-refractivity contribution < 1.29 is 9.63 Å². The Kier molecular flexibility index (Phi) is 3.98. The van der Waals surface area contributed by atoms with Gasteiger partial charge in [0.05, 0.1) is 17.5 Å². The zero-order chi connectivity index (χ0) is 14.8. The number of β-amino-alcohol motifs (C(OH)–C–C–N with tert-alkyl or cyclic N) is 1. The lowest BCUT2D eigenvalue weighted by molar-refractivity contribution is 0.140. The predicted octanol–water partition coefficient (Wildman–Crippen LogP) is 1.12. The van der Waals surface area contributed by atoms with Crippen molar-refractivity contribution in [2.75, 3.05) is 13.1 Å². The van der Waals surface area contributed by atoms with Crippen LogP contribution in [-0.2, 0) is 13.0 Å². The molecule has 0 saturated carbocycles. The van der Waals surface area contributed by atoms with Crippen LogP contribution in [0.2, 0.25) is 0 Å². The number of aryl methyl sites for hydroxylation is 2. The highest BCUT2D eigenvalue weighted by molar-refractivity contribution is 5.20. The molecule has 0 aromatic carbocycles. The number of hydrogen-bond donors (Lipinski definition) is 1. The lowest BCUT2D eigenvalue weighted by Gasteiger charge is -2.15. The molecule has 3 rings (SSSR count). The fraction of sp³-hybridized carbons (Fsp3) is 0.533. The largest absolute Gasteiger partial charge is 0.391 e. The van der Waals surface area contributed by atoms with Gasteiger partial charge in [-0.3, -0.25) is 14.9 Å². The molecular formula is C15H20N4O2. The summed E-state index contributed by atoms with van der Waals surface area (Å²) < 4.78 is 5.20. The Bertz CT molecular complexity index is 579. The van der Waals surface area contributed by atoms with Crippen molar-refractivity contribution in [2.45, 2.75) is 32.9 Å². The molecule has 1 fully saturated rings. The van der Waals surface area contributed by atoms with Crippen LogP contribution in [0, 0.1) is 19.8 Å². The lowest BCUT2D eigenvalue weighted by Crippen LogP contribution is -2.22. The summed E-state index contributed by atoms with van der Waals surface area (Å²) in [6.07, 6.45) is 5.56. The Morgan fingerprint density at radius 2 is 2.19 bits per heavy atom. The van der Waals surface area contributed by atoms with Gasteiger partial charge < -0.3 is 9.63 Å². The molecule has 2 aromatic rings. The van der Waals surface area contributed by atoms with Gasteiger partial charge in [-0.25, -0.2) is 0 Å². The predicted molar refractivity (Wildman–Crippen MR) is 76.5 cm³/mol. The molecular weight excluding hydrogens is 268 g/mol.